The highest BCUT2D eigenvalue weighted by molar-refractivity contribution is 6.08. The van der Waals surface area contributed by atoms with Crippen LogP contribution in [0.5, 0.6) is 0 Å². The summed E-state index contributed by atoms with van der Waals surface area (Å²) in [5, 5.41) is 55.0. The van der Waals surface area contributed by atoms with Crippen LogP contribution < -0.4 is 15.5 Å². The second-order valence-corrected chi connectivity index (χ2v) is 18.0. The standard InChI is InChI=1S/C45H59F2N13O4/c1-3-16-56(23-28(2)61)39-15-19-58-43(52-39)35(22-49-58)44(63)51-36-27-59(54-41(36)42(46)47)32-9-7-29(8-10-32)24-55-17-13-30(14-18-55)25-57-26-31(20-48-57)33-5-4-6-37-34(33)21-50-60(37)38-11-12-40(62)53-45(38)64/h4-6,15,19-22,26-30,32,38,40,42,45,53,61-62,64H,3,7-14,16-18,23-25H2,1-2H3,(H,51,63)/t28-,29?,32?,38-,40-,45-/m1/s1. The Kier molecular flexibility index (Phi) is 13.0. The summed E-state index contributed by atoms with van der Waals surface area (Å²) in [6.07, 6.45) is 13.2. The van der Waals surface area contributed by atoms with Gasteiger partial charge in [-0.05, 0) is 107 Å². The van der Waals surface area contributed by atoms with E-state index in [2.05, 4.69) is 52.8 Å². The van der Waals surface area contributed by atoms with Gasteiger partial charge in [-0.25, -0.2) is 18.3 Å². The maximum absolute atomic E-state index is 14.3. The molecule has 0 spiro atoms. The summed E-state index contributed by atoms with van der Waals surface area (Å²) >= 11 is 0. The number of nitrogens with zero attached hydrogens (tertiary/aromatic N) is 11. The van der Waals surface area contributed by atoms with E-state index in [0.29, 0.717) is 43.6 Å². The number of hydrogen-bond acceptors (Lipinski definition) is 12. The Hall–Kier alpha value is -5.34. The molecule has 3 fully saturated rings. The molecule has 9 rings (SSSR count). The Balaban J connectivity index is 0.762. The maximum atomic E-state index is 14.3. The molecule has 5 aromatic heterocycles. The van der Waals surface area contributed by atoms with Crippen LogP contribution in [0.15, 0.2) is 61.4 Å². The van der Waals surface area contributed by atoms with Gasteiger partial charge in [-0.2, -0.15) is 20.4 Å². The lowest BCUT2D eigenvalue weighted by atomic mass is 9.85. The number of rotatable bonds is 15. The fraction of sp³-hybridized carbons (Fsp3) is 0.556. The van der Waals surface area contributed by atoms with Crippen LogP contribution in [-0.4, -0.2) is 121 Å². The van der Waals surface area contributed by atoms with E-state index < -0.39 is 36.6 Å². The van der Waals surface area contributed by atoms with Crippen molar-refractivity contribution in [2.75, 3.05) is 42.9 Å². The zero-order chi connectivity index (χ0) is 44.5. The molecule has 0 unspecified atom stereocenters. The van der Waals surface area contributed by atoms with Gasteiger partial charge in [0.25, 0.3) is 12.3 Å². The first-order chi connectivity index (χ1) is 31.0. The van der Waals surface area contributed by atoms with Crippen LogP contribution in [0, 0.1) is 11.8 Å². The molecule has 342 valence electrons. The fourth-order valence-electron chi connectivity index (χ4n) is 10.0. The minimum Gasteiger partial charge on any atom is -0.392 e. The highest BCUT2D eigenvalue weighted by Crippen LogP contribution is 2.37. The quantitative estimate of drug-likeness (QED) is 0.0856. The normalized spacial score (nSPS) is 23.0. The zero-order valence-corrected chi connectivity index (χ0v) is 36.4. The minimum absolute atomic E-state index is 0.0184. The summed E-state index contributed by atoms with van der Waals surface area (Å²) in [5.74, 6) is 1.02. The number of alkyl halides is 2. The molecule has 1 aliphatic carbocycles. The van der Waals surface area contributed by atoms with E-state index in [1.54, 1.807) is 23.9 Å². The third kappa shape index (κ3) is 9.40. The smallest absolute Gasteiger partial charge is 0.284 e. The topological polar surface area (TPSA) is 192 Å². The Bertz CT molecular complexity index is 2520. The molecule has 17 nitrogen and oxygen atoms in total. The first kappa shape index (κ1) is 43.9. The van der Waals surface area contributed by atoms with Gasteiger partial charge in [0.2, 0.25) is 0 Å². The molecule has 1 saturated carbocycles. The van der Waals surface area contributed by atoms with Gasteiger partial charge >= 0.3 is 0 Å². The van der Waals surface area contributed by atoms with Crippen molar-refractivity contribution in [1.29, 1.82) is 0 Å². The first-order valence-electron chi connectivity index (χ1n) is 22.8. The lowest BCUT2D eigenvalue weighted by molar-refractivity contribution is -0.0296. The van der Waals surface area contributed by atoms with Crippen LogP contribution in [0.25, 0.3) is 27.7 Å². The van der Waals surface area contributed by atoms with Crippen molar-refractivity contribution in [1.82, 2.24) is 54.2 Å². The van der Waals surface area contributed by atoms with Gasteiger partial charge in [0.1, 0.15) is 23.8 Å². The number of aromatic nitrogens is 9. The van der Waals surface area contributed by atoms with E-state index in [-0.39, 0.29) is 29.0 Å². The Morgan fingerprint density at radius 1 is 0.953 bits per heavy atom. The number of benzene rings is 1. The number of nitrogens with one attached hydrogen (secondary N) is 2. The van der Waals surface area contributed by atoms with Gasteiger partial charge < -0.3 is 30.4 Å². The van der Waals surface area contributed by atoms with Crippen LogP contribution in [0.3, 0.4) is 0 Å². The summed E-state index contributed by atoms with van der Waals surface area (Å²) in [7, 11) is 0. The van der Waals surface area contributed by atoms with E-state index in [4.69, 9.17) is 5.10 Å². The highest BCUT2D eigenvalue weighted by atomic mass is 19.3. The van der Waals surface area contributed by atoms with Crippen molar-refractivity contribution < 1.29 is 28.9 Å². The van der Waals surface area contributed by atoms with Gasteiger partial charge in [0.15, 0.2) is 11.3 Å². The van der Waals surface area contributed by atoms with Crippen LogP contribution in [0.4, 0.5) is 20.3 Å². The Morgan fingerprint density at radius 2 is 1.75 bits per heavy atom. The third-order valence-corrected chi connectivity index (χ3v) is 13.3. The van der Waals surface area contributed by atoms with Crippen molar-refractivity contribution in [3.8, 4) is 11.1 Å². The van der Waals surface area contributed by atoms with Crippen molar-refractivity contribution in [3.05, 3.63) is 72.7 Å². The summed E-state index contributed by atoms with van der Waals surface area (Å²) in [5.41, 5.74) is 2.97. The molecule has 64 heavy (non-hydrogen) atoms. The second kappa shape index (κ2) is 19.0. The third-order valence-electron chi connectivity index (χ3n) is 13.3. The predicted molar refractivity (Wildman–Crippen MR) is 237 cm³/mol. The van der Waals surface area contributed by atoms with Crippen molar-refractivity contribution >= 4 is 34.0 Å². The molecule has 5 N–H and O–H groups in total. The number of fused-ring (bicyclic) bond motifs is 2. The van der Waals surface area contributed by atoms with Gasteiger partial charge in [0.05, 0.1) is 48.0 Å². The van der Waals surface area contributed by atoms with E-state index >= 15 is 0 Å². The summed E-state index contributed by atoms with van der Waals surface area (Å²) in [6, 6.07) is 7.57. The first-order valence-corrected chi connectivity index (χ1v) is 22.8. The average Bonchev–Trinajstić information content (AvgIpc) is 4.11. The van der Waals surface area contributed by atoms with Crippen LogP contribution in [0.2, 0.25) is 0 Å². The molecule has 7 heterocycles. The summed E-state index contributed by atoms with van der Waals surface area (Å²) in [6.45, 7) is 8.69. The molecule has 0 bridgehead atoms. The molecule has 2 aliphatic heterocycles. The van der Waals surface area contributed by atoms with Crippen molar-refractivity contribution in [2.45, 2.75) is 115 Å². The largest absolute Gasteiger partial charge is 0.392 e. The number of amides is 1. The molecule has 1 amide bonds. The molecule has 19 heteroatoms. The lowest BCUT2D eigenvalue weighted by Crippen LogP contribution is -2.48. The minimum atomic E-state index is -2.87. The molecule has 0 radical (unpaired) electrons. The lowest BCUT2D eigenvalue weighted by Gasteiger charge is -2.36. The summed E-state index contributed by atoms with van der Waals surface area (Å²) < 4.78 is 35.7. The van der Waals surface area contributed by atoms with E-state index in [0.717, 1.165) is 93.2 Å². The molecule has 2 saturated heterocycles. The number of carbonyl (C=O) groups excluding carboxylic acids is 1. The molecule has 1 aromatic carbocycles. The number of piperidine rings is 2. The Morgan fingerprint density at radius 3 is 2.50 bits per heavy atom. The SMILES string of the molecule is CCCN(C[C@@H](C)O)c1ccn2ncc(C(=O)Nc3cn(C4CCC(CN5CCC(Cn6cc(-c7cccc8c7cnn8[C@@H]7CC[C@@H](O)N[C@@H]7O)cn6)CC5)CC4)nc3C(F)F)c2n1. The van der Waals surface area contributed by atoms with E-state index in [1.165, 1.54) is 16.9 Å². The zero-order valence-electron chi connectivity index (χ0n) is 36.4. The van der Waals surface area contributed by atoms with E-state index in [9.17, 15) is 28.9 Å². The van der Waals surface area contributed by atoms with Gasteiger partial charge in [-0.1, -0.05) is 19.1 Å². The van der Waals surface area contributed by atoms with Crippen LogP contribution in [0.1, 0.15) is 106 Å². The molecule has 6 aromatic rings. The number of carbonyl (C=O) groups is 1. The van der Waals surface area contributed by atoms with Crippen molar-refractivity contribution in [2.24, 2.45) is 11.8 Å². The molecular formula is C45H59F2N13O4. The maximum Gasteiger partial charge on any atom is 0.284 e. The number of aliphatic hydroxyl groups is 3. The van der Waals surface area contributed by atoms with Gasteiger partial charge in [0, 0.05) is 55.7 Å². The number of hydrogen-bond donors (Lipinski definition) is 5. The van der Waals surface area contributed by atoms with Crippen molar-refractivity contribution in [3.63, 3.8) is 0 Å². The fourth-order valence-corrected chi connectivity index (χ4v) is 10.0. The number of aliphatic hydroxyl groups excluding tert-OH is 3. The van der Waals surface area contributed by atoms with Gasteiger partial charge in [-0.3, -0.25) is 24.2 Å². The number of halogens is 2. The molecule has 3 aliphatic rings. The second-order valence-electron chi connectivity index (χ2n) is 18.0. The van der Waals surface area contributed by atoms with Gasteiger partial charge in [-0.15, -0.1) is 0 Å². The van der Waals surface area contributed by atoms with E-state index in [1.807, 2.05) is 41.0 Å². The number of anilines is 2. The predicted octanol–water partition coefficient (Wildman–Crippen LogP) is 5.63. The number of likely N-dealkylation sites (tertiary alicyclic amines) is 1. The Labute approximate surface area is 370 Å². The monoisotopic (exact) mass is 883 g/mol. The average molecular weight is 884 g/mol. The molecule has 4 atom stereocenters. The summed E-state index contributed by atoms with van der Waals surface area (Å²) in [4.78, 5) is 22.7. The van der Waals surface area contributed by atoms with Crippen LogP contribution in [-0.2, 0) is 6.54 Å². The van der Waals surface area contributed by atoms with Crippen LogP contribution >= 0.6 is 0 Å². The molecular weight excluding hydrogens is 825 g/mol. The highest BCUT2D eigenvalue weighted by Gasteiger charge is 2.32.